The smallest absolute Gasteiger partial charge is 0.263 e. The van der Waals surface area contributed by atoms with Gasteiger partial charge in [0.25, 0.3) is 5.56 Å². The first-order chi connectivity index (χ1) is 17.0. The topological polar surface area (TPSA) is 91.6 Å². The van der Waals surface area contributed by atoms with E-state index in [4.69, 9.17) is 10.8 Å². The van der Waals surface area contributed by atoms with Gasteiger partial charge in [-0.1, -0.05) is 56.2 Å². The molecule has 7 heteroatoms. The van der Waals surface area contributed by atoms with Crippen molar-refractivity contribution in [3.8, 4) is 17.5 Å². The molecule has 174 valence electrons. The lowest BCUT2D eigenvalue weighted by atomic mass is 10.0. The van der Waals surface area contributed by atoms with E-state index in [-0.39, 0.29) is 5.56 Å². The average Bonchev–Trinajstić information content (AvgIpc) is 3.21. The van der Waals surface area contributed by atoms with Crippen LogP contribution in [0.4, 0.5) is 5.82 Å². The molecule has 0 aliphatic heterocycles. The maximum atomic E-state index is 14.0. The third-order valence-electron chi connectivity index (χ3n) is 6.20. The van der Waals surface area contributed by atoms with Gasteiger partial charge in [0, 0.05) is 12.1 Å². The summed E-state index contributed by atoms with van der Waals surface area (Å²) in [6.45, 7) is 6.36. The van der Waals surface area contributed by atoms with Crippen LogP contribution in [0.15, 0.2) is 59.7 Å². The maximum absolute atomic E-state index is 14.0. The number of anilines is 1. The number of pyridine rings is 1. The number of nitrogens with zero attached hydrogens (tertiary/aromatic N) is 5. The van der Waals surface area contributed by atoms with Crippen LogP contribution < -0.4 is 11.3 Å². The van der Waals surface area contributed by atoms with Crippen molar-refractivity contribution in [3.05, 3.63) is 87.7 Å². The van der Waals surface area contributed by atoms with Gasteiger partial charge in [-0.05, 0) is 47.9 Å². The number of rotatable bonds is 4. The molecule has 7 nitrogen and oxygen atoms in total. The lowest BCUT2D eigenvalue weighted by molar-refractivity contribution is 0.667. The second-order valence-electron chi connectivity index (χ2n) is 8.42. The van der Waals surface area contributed by atoms with Gasteiger partial charge < -0.3 is 5.73 Å². The molecule has 5 rings (SSSR count). The van der Waals surface area contributed by atoms with Crippen LogP contribution in [-0.4, -0.2) is 24.3 Å². The molecule has 0 bridgehead atoms. The SMILES string of the molecule is CCC#Cc1nn(Cc2cc3cccc(C)c3c(=O)n2-c2ccccc2CC)c2ncnc(N)c12. The van der Waals surface area contributed by atoms with Crippen molar-refractivity contribution >= 4 is 27.6 Å². The van der Waals surface area contributed by atoms with E-state index in [1.54, 1.807) is 4.68 Å². The average molecular weight is 463 g/mol. The largest absolute Gasteiger partial charge is 0.383 e. The van der Waals surface area contributed by atoms with Crippen molar-refractivity contribution in [1.29, 1.82) is 0 Å². The molecule has 0 aliphatic carbocycles. The summed E-state index contributed by atoms with van der Waals surface area (Å²) in [5.74, 6) is 6.49. The Morgan fingerprint density at radius 1 is 1.03 bits per heavy atom. The maximum Gasteiger partial charge on any atom is 0.263 e. The quantitative estimate of drug-likeness (QED) is 0.400. The molecule has 35 heavy (non-hydrogen) atoms. The van der Waals surface area contributed by atoms with Gasteiger partial charge >= 0.3 is 0 Å². The summed E-state index contributed by atoms with van der Waals surface area (Å²) in [6, 6.07) is 16.0. The highest BCUT2D eigenvalue weighted by atomic mass is 16.1. The molecule has 0 fully saturated rings. The fourth-order valence-electron chi connectivity index (χ4n) is 4.55. The summed E-state index contributed by atoms with van der Waals surface area (Å²) in [6.07, 6.45) is 2.93. The zero-order valence-electron chi connectivity index (χ0n) is 20.0. The van der Waals surface area contributed by atoms with Crippen LogP contribution in [0.3, 0.4) is 0 Å². The molecule has 0 unspecified atom stereocenters. The Bertz CT molecular complexity index is 1700. The Morgan fingerprint density at radius 2 is 1.86 bits per heavy atom. The van der Waals surface area contributed by atoms with Gasteiger partial charge in [-0.2, -0.15) is 5.10 Å². The summed E-state index contributed by atoms with van der Waals surface area (Å²) in [5.41, 5.74) is 11.0. The molecule has 0 saturated carbocycles. The lowest BCUT2D eigenvalue weighted by Crippen LogP contribution is -2.25. The highest BCUT2D eigenvalue weighted by molar-refractivity contribution is 5.90. The van der Waals surface area contributed by atoms with E-state index in [1.165, 1.54) is 6.33 Å². The number of aromatic nitrogens is 5. The van der Waals surface area contributed by atoms with Gasteiger partial charge in [0.05, 0.1) is 23.0 Å². The monoisotopic (exact) mass is 462 g/mol. The number of benzene rings is 2. The Hall–Kier alpha value is -4.44. The minimum atomic E-state index is -0.0481. The van der Waals surface area contributed by atoms with Crippen LogP contribution in [-0.2, 0) is 13.0 Å². The zero-order valence-corrected chi connectivity index (χ0v) is 20.0. The second-order valence-corrected chi connectivity index (χ2v) is 8.42. The van der Waals surface area contributed by atoms with Gasteiger partial charge in [0.15, 0.2) is 5.65 Å². The predicted octanol–water partition coefficient (Wildman–Crippen LogP) is 4.39. The molecule has 2 N–H and O–H groups in total. The minimum Gasteiger partial charge on any atom is -0.383 e. The molecule has 0 atom stereocenters. The minimum absolute atomic E-state index is 0.0481. The molecule has 5 aromatic rings. The molecule has 0 radical (unpaired) electrons. The van der Waals surface area contributed by atoms with Crippen LogP contribution in [0.2, 0.25) is 0 Å². The number of aryl methyl sites for hydroxylation is 2. The molecule has 0 aliphatic rings. The number of nitrogen functional groups attached to an aromatic ring is 1. The summed E-state index contributed by atoms with van der Waals surface area (Å²) in [5, 5.41) is 6.98. The Labute approximate surface area is 203 Å². The summed E-state index contributed by atoms with van der Waals surface area (Å²) in [7, 11) is 0. The number of hydrogen-bond acceptors (Lipinski definition) is 5. The van der Waals surface area contributed by atoms with Gasteiger partial charge in [0.1, 0.15) is 17.8 Å². The third kappa shape index (κ3) is 3.83. The van der Waals surface area contributed by atoms with Crippen molar-refractivity contribution in [3.63, 3.8) is 0 Å². The molecular weight excluding hydrogens is 436 g/mol. The molecule has 0 spiro atoms. The van der Waals surface area contributed by atoms with Crippen LogP contribution in [0.1, 0.15) is 42.8 Å². The van der Waals surface area contributed by atoms with Crippen LogP contribution >= 0.6 is 0 Å². The predicted molar refractivity (Wildman–Crippen MR) is 140 cm³/mol. The highest BCUT2D eigenvalue weighted by Gasteiger charge is 2.19. The summed E-state index contributed by atoms with van der Waals surface area (Å²) in [4.78, 5) is 22.6. The van der Waals surface area contributed by atoms with Crippen LogP contribution in [0.5, 0.6) is 0 Å². The third-order valence-corrected chi connectivity index (χ3v) is 6.20. The standard InChI is InChI=1S/C28H26N6O/c1-4-6-13-22-25-26(29)30-17-31-27(25)33(32-22)16-21-15-20-12-9-10-18(3)24(20)28(35)34(21)23-14-8-7-11-19(23)5-2/h7-12,14-15,17H,4-5,16H2,1-3H3,(H2,29,30,31). The first kappa shape index (κ1) is 22.4. The zero-order chi connectivity index (χ0) is 24.5. The molecular formula is C28H26N6O. The lowest BCUT2D eigenvalue weighted by Gasteiger charge is -2.18. The molecule has 2 aromatic carbocycles. The highest BCUT2D eigenvalue weighted by Crippen LogP contribution is 2.25. The van der Waals surface area contributed by atoms with Crippen molar-refractivity contribution in [1.82, 2.24) is 24.3 Å². The van der Waals surface area contributed by atoms with Gasteiger partial charge in [-0.25, -0.2) is 14.6 Å². The normalized spacial score (nSPS) is 11.1. The van der Waals surface area contributed by atoms with E-state index in [1.807, 2.05) is 54.8 Å². The molecule has 3 heterocycles. The second kappa shape index (κ2) is 9.07. The van der Waals surface area contributed by atoms with Crippen molar-refractivity contribution in [2.45, 2.75) is 40.2 Å². The Kier molecular flexibility index (Phi) is 5.79. The van der Waals surface area contributed by atoms with E-state index >= 15 is 0 Å². The van der Waals surface area contributed by atoms with Crippen LogP contribution in [0.25, 0.3) is 27.5 Å². The van der Waals surface area contributed by atoms with Crippen molar-refractivity contribution in [2.75, 3.05) is 5.73 Å². The fraction of sp³-hybridized carbons (Fsp3) is 0.214. The fourth-order valence-corrected chi connectivity index (χ4v) is 4.55. The summed E-state index contributed by atoms with van der Waals surface area (Å²) >= 11 is 0. The first-order valence-corrected chi connectivity index (χ1v) is 11.7. The van der Waals surface area contributed by atoms with E-state index < -0.39 is 0 Å². The van der Waals surface area contributed by atoms with Crippen LogP contribution in [0, 0.1) is 18.8 Å². The van der Waals surface area contributed by atoms with Crippen molar-refractivity contribution < 1.29 is 0 Å². The van der Waals surface area contributed by atoms with E-state index in [2.05, 4.69) is 40.9 Å². The van der Waals surface area contributed by atoms with E-state index in [0.29, 0.717) is 40.9 Å². The van der Waals surface area contributed by atoms with Gasteiger partial charge in [0.2, 0.25) is 0 Å². The molecule has 0 amide bonds. The molecule has 3 aromatic heterocycles. The number of para-hydroxylation sites is 1. The van der Waals surface area contributed by atoms with Crippen molar-refractivity contribution in [2.24, 2.45) is 0 Å². The summed E-state index contributed by atoms with van der Waals surface area (Å²) < 4.78 is 3.57. The van der Waals surface area contributed by atoms with Gasteiger partial charge in [-0.3, -0.25) is 9.36 Å². The first-order valence-electron chi connectivity index (χ1n) is 11.7. The van der Waals surface area contributed by atoms with Gasteiger partial charge in [-0.15, -0.1) is 0 Å². The Morgan fingerprint density at radius 3 is 2.66 bits per heavy atom. The van der Waals surface area contributed by atoms with E-state index in [9.17, 15) is 4.79 Å². The van der Waals surface area contributed by atoms with E-state index in [0.717, 1.165) is 34.3 Å². The number of hydrogen-bond donors (Lipinski definition) is 1. The molecule has 0 saturated heterocycles. The number of nitrogens with two attached hydrogens (primary N) is 1. The Balaban J connectivity index is 1.80. The number of fused-ring (bicyclic) bond motifs is 2.